The van der Waals surface area contributed by atoms with Crippen LogP contribution in [0.1, 0.15) is 70.8 Å². The maximum Gasteiger partial charge on any atom is 0.0395 e. The van der Waals surface area contributed by atoms with Crippen molar-refractivity contribution in [1.29, 1.82) is 0 Å². The molecule has 2 heteroatoms. The van der Waals surface area contributed by atoms with Gasteiger partial charge in [0.2, 0.25) is 0 Å². The lowest BCUT2D eigenvalue weighted by Gasteiger charge is -2.25. The van der Waals surface area contributed by atoms with Gasteiger partial charge < -0.3 is 0 Å². The zero-order valence-corrected chi connectivity index (χ0v) is 20.8. The fraction of sp³-hybridized carbons (Fsp3) is 0.357. The van der Waals surface area contributed by atoms with Gasteiger partial charge in [0.25, 0.3) is 0 Å². The zero-order chi connectivity index (χ0) is 21.3. The third-order valence-corrected chi connectivity index (χ3v) is 9.79. The van der Waals surface area contributed by atoms with E-state index in [-0.39, 0.29) is 10.8 Å². The van der Waals surface area contributed by atoms with Crippen LogP contribution in [0.3, 0.4) is 0 Å². The lowest BCUT2D eigenvalue weighted by molar-refractivity contribution is 0.660. The summed E-state index contributed by atoms with van der Waals surface area (Å²) in [6, 6.07) is 9.86. The van der Waals surface area contributed by atoms with E-state index < -0.39 is 0 Å². The maximum atomic E-state index is 2.50. The highest BCUT2D eigenvalue weighted by Gasteiger charge is 2.42. The lowest BCUT2D eigenvalue weighted by atomic mass is 9.78. The zero-order valence-electron chi connectivity index (χ0n) is 19.1. The van der Waals surface area contributed by atoms with Crippen LogP contribution >= 0.6 is 22.7 Å². The largest absolute Gasteiger partial charge is 0.140 e. The van der Waals surface area contributed by atoms with Crippen molar-refractivity contribution in [3.05, 3.63) is 67.4 Å². The molecular weight excluding hydrogens is 400 g/mol. The van der Waals surface area contributed by atoms with E-state index in [0.29, 0.717) is 0 Å². The van der Waals surface area contributed by atoms with E-state index in [4.69, 9.17) is 0 Å². The van der Waals surface area contributed by atoms with Crippen molar-refractivity contribution in [3.8, 4) is 20.9 Å². The third kappa shape index (κ3) is 2.03. The fourth-order valence-corrected chi connectivity index (χ4v) is 8.58. The Bertz CT molecular complexity index is 1310. The fourth-order valence-electron chi connectivity index (χ4n) is 6.11. The van der Waals surface area contributed by atoms with Crippen LogP contribution in [-0.4, -0.2) is 0 Å². The number of benzene rings is 2. The Balaban J connectivity index is 1.85. The minimum Gasteiger partial charge on any atom is -0.140 e. The molecule has 0 aliphatic heterocycles. The molecule has 0 fully saturated rings. The maximum absolute atomic E-state index is 2.50. The van der Waals surface area contributed by atoms with Crippen molar-refractivity contribution >= 4 is 33.4 Å². The van der Waals surface area contributed by atoms with E-state index in [1.807, 2.05) is 22.7 Å². The van der Waals surface area contributed by atoms with Crippen molar-refractivity contribution in [2.45, 2.75) is 66.2 Å². The van der Waals surface area contributed by atoms with Crippen LogP contribution in [0.4, 0.5) is 0 Å². The quantitative estimate of drug-likeness (QED) is 0.262. The number of hydrogen-bond acceptors (Lipinski definition) is 2. The summed E-state index contributed by atoms with van der Waals surface area (Å²) in [6.45, 7) is 18.8. The van der Waals surface area contributed by atoms with Crippen LogP contribution in [0.25, 0.3) is 31.7 Å². The molecule has 2 heterocycles. The van der Waals surface area contributed by atoms with Crippen LogP contribution in [0.2, 0.25) is 0 Å². The summed E-state index contributed by atoms with van der Waals surface area (Å²) in [4.78, 5) is 5.84. The van der Waals surface area contributed by atoms with Gasteiger partial charge in [0.05, 0.1) is 0 Å². The molecule has 0 bridgehead atoms. The molecule has 0 unspecified atom stereocenters. The second kappa shape index (κ2) is 5.47. The van der Waals surface area contributed by atoms with Crippen molar-refractivity contribution in [3.63, 3.8) is 0 Å². The molecule has 2 aromatic heterocycles. The first-order valence-corrected chi connectivity index (χ1v) is 12.5. The average Bonchev–Trinajstić information content (AvgIpc) is 3.33. The first kappa shape index (κ1) is 18.8. The van der Waals surface area contributed by atoms with Crippen LogP contribution in [-0.2, 0) is 10.8 Å². The predicted octanol–water partition coefficient (Wildman–Crippen LogP) is 8.81. The SMILES string of the molecule is Cc1cc2c(s1)-c1c(cc(C)c3c4c(cc(C)c13)C(C)(C)c1cc(C)sc1-4)C2(C)C. The van der Waals surface area contributed by atoms with Gasteiger partial charge in [-0.3, -0.25) is 0 Å². The van der Waals surface area contributed by atoms with Crippen molar-refractivity contribution in [1.82, 2.24) is 0 Å². The summed E-state index contributed by atoms with van der Waals surface area (Å²) in [5.74, 6) is 0. The van der Waals surface area contributed by atoms with Gasteiger partial charge in [-0.25, -0.2) is 0 Å². The molecule has 4 aromatic rings. The van der Waals surface area contributed by atoms with E-state index in [0.717, 1.165) is 0 Å². The predicted molar refractivity (Wildman–Crippen MR) is 134 cm³/mol. The summed E-state index contributed by atoms with van der Waals surface area (Å²) < 4.78 is 0. The van der Waals surface area contributed by atoms with E-state index in [2.05, 4.69) is 79.7 Å². The van der Waals surface area contributed by atoms with Gasteiger partial charge in [-0.15, -0.1) is 22.7 Å². The van der Waals surface area contributed by atoms with Gasteiger partial charge in [-0.05, 0) is 84.0 Å². The molecule has 0 atom stereocenters. The molecule has 0 amide bonds. The van der Waals surface area contributed by atoms with Crippen LogP contribution in [0.5, 0.6) is 0 Å². The lowest BCUT2D eigenvalue weighted by Crippen LogP contribution is -2.16. The second-order valence-electron chi connectivity index (χ2n) is 10.4. The van der Waals surface area contributed by atoms with Crippen molar-refractivity contribution < 1.29 is 0 Å². The molecule has 0 N–H and O–H groups in total. The monoisotopic (exact) mass is 428 g/mol. The highest BCUT2D eigenvalue weighted by Crippen LogP contribution is 2.60. The standard InChI is InChI=1S/C28H28S2/c1-13-9-17-24(26-20(27(17,5)6)12-16(4)30-26)22-14(2)10-18-23(21(13)22)25-19(28(18,7)8)11-15(3)29-25/h9-12H,1-8H3. The molecule has 2 aliphatic carbocycles. The Morgan fingerprint density at radius 2 is 0.900 bits per heavy atom. The van der Waals surface area contributed by atoms with Gasteiger partial charge in [-0.1, -0.05) is 39.8 Å². The van der Waals surface area contributed by atoms with E-state index in [9.17, 15) is 0 Å². The molecule has 0 nitrogen and oxygen atoms in total. The Morgan fingerprint density at radius 3 is 1.27 bits per heavy atom. The highest BCUT2D eigenvalue weighted by molar-refractivity contribution is 7.16. The molecule has 0 spiro atoms. The molecule has 2 aliphatic rings. The number of rotatable bonds is 0. The summed E-state index contributed by atoms with van der Waals surface area (Å²) in [5, 5.41) is 2.99. The van der Waals surface area contributed by atoms with Gasteiger partial charge in [0, 0.05) is 41.5 Å². The Kier molecular flexibility index (Phi) is 3.43. The molecule has 0 radical (unpaired) electrons. The van der Waals surface area contributed by atoms with Crippen molar-refractivity contribution in [2.75, 3.05) is 0 Å². The normalized spacial score (nSPS) is 17.2. The highest BCUT2D eigenvalue weighted by atomic mass is 32.1. The summed E-state index contributed by atoms with van der Waals surface area (Å²) >= 11 is 3.95. The molecule has 0 saturated heterocycles. The van der Waals surface area contributed by atoms with Crippen molar-refractivity contribution in [2.24, 2.45) is 0 Å². The first-order valence-electron chi connectivity index (χ1n) is 10.9. The Morgan fingerprint density at radius 1 is 0.533 bits per heavy atom. The minimum atomic E-state index is 0.0732. The van der Waals surface area contributed by atoms with Gasteiger partial charge in [-0.2, -0.15) is 0 Å². The van der Waals surface area contributed by atoms with E-state index >= 15 is 0 Å². The second-order valence-corrected chi connectivity index (χ2v) is 12.9. The Hall–Kier alpha value is -1.90. The number of thiophene rings is 2. The van der Waals surface area contributed by atoms with E-state index in [1.165, 1.54) is 74.8 Å². The minimum absolute atomic E-state index is 0.0732. The molecule has 30 heavy (non-hydrogen) atoms. The topological polar surface area (TPSA) is 0 Å². The van der Waals surface area contributed by atoms with E-state index in [1.54, 1.807) is 0 Å². The average molecular weight is 429 g/mol. The first-order chi connectivity index (χ1) is 14.0. The third-order valence-electron chi connectivity index (χ3n) is 7.66. The summed E-state index contributed by atoms with van der Waals surface area (Å²) in [7, 11) is 0. The molecule has 152 valence electrons. The van der Waals surface area contributed by atoms with Crippen LogP contribution < -0.4 is 0 Å². The van der Waals surface area contributed by atoms with Gasteiger partial charge in [0.15, 0.2) is 0 Å². The molecule has 0 saturated carbocycles. The van der Waals surface area contributed by atoms with Crippen LogP contribution in [0.15, 0.2) is 24.3 Å². The summed E-state index contributed by atoms with van der Waals surface area (Å²) in [6.07, 6.45) is 0. The Labute approximate surface area is 187 Å². The summed E-state index contributed by atoms with van der Waals surface area (Å²) in [5.41, 5.74) is 12.1. The molecular formula is C28H28S2. The number of aryl methyl sites for hydroxylation is 4. The smallest absolute Gasteiger partial charge is 0.0395 e. The molecule has 6 rings (SSSR count). The van der Waals surface area contributed by atoms with Crippen LogP contribution in [0, 0.1) is 27.7 Å². The number of hydrogen-bond donors (Lipinski definition) is 0. The number of fused-ring (bicyclic) bond motifs is 9. The van der Waals surface area contributed by atoms with Gasteiger partial charge >= 0.3 is 0 Å². The van der Waals surface area contributed by atoms with Gasteiger partial charge in [0.1, 0.15) is 0 Å². The molecule has 2 aromatic carbocycles.